The summed E-state index contributed by atoms with van der Waals surface area (Å²) in [5, 5.41) is 19.3. The number of rotatable bonds is 3. The Morgan fingerprint density at radius 3 is 3.10 bits per heavy atom. The number of carbonyl (C=O) groups is 2. The van der Waals surface area contributed by atoms with Crippen LogP contribution in [0.15, 0.2) is 12.3 Å². The summed E-state index contributed by atoms with van der Waals surface area (Å²) in [6, 6.07) is 1.57. The highest BCUT2D eigenvalue weighted by atomic mass is 16.5. The number of β-amino-alcohol motifs (C(OH)–C–C–N with tert-alkyl or cyclic N) is 1. The first kappa shape index (κ1) is 14.5. The van der Waals surface area contributed by atoms with Crippen molar-refractivity contribution in [3.63, 3.8) is 0 Å². The number of amides is 2. The molecule has 0 unspecified atom stereocenters. The third-order valence-electron chi connectivity index (χ3n) is 3.05. The predicted molar refractivity (Wildman–Crippen MR) is 68.9 cm³/mol. The van der Waals surface area contributed by atoms with Crippen LogP contribution >= 0.6 is 0 Å². The molecule has 2 rings (SSSR count). The number of nitrogens with one attached hydrogen (secondary N) is 2. The first-order valence-electron chi connectivity index (χ1n) is 6.33. The fraction of sp³-hybridized carbons (Fsp3) is 0.583. The second-order valence-corrected chi connectivity index (χ2v) is 4.88. The molecule has 0 saturated carbocycles. The zero-order valence-electron chi connectivity index (χ0n) is 11.3. The smallest absolute Gasteiger partial charge is 0.272 e. The molecule has 1 fully saturated rings. The van der Waals surface area contributed by atoms with Crippen LogP contribution in [0.25, 0.3) is 0 Å². The van der Waals surface area contributed by atoms with Gasteiger partial charge in [0.05, 0.1) is 26.3 Å². The SMILES string of the molecule is CC(=O)NC[C@]1(O)COCCN(C(=O)c2ccn[nH]2)C1. The third kappa shape index (κ3) is 3.55. The minimum atomic E-state index is -1.29. The molecular weight excluding hydrogens is 264 g/mol. The number of hydrogen-bond acceptors (Lipinski definition) is 5. The van der Waals surface area contributed by atoms with Crippen LogP contribution in [-0.2, 0) is 9.53 Å². The molecule has 1 aliphatic rings. The average molecular weight is 282 g/mol. The van der Waals surface area contributed by atoms with E-state index >= 15 is 0 Å². The topological polar surface area (TPSA) is 108 Å². The van der Waals surface area contributed by atoms with Gasteiger partial charge in [-0.2, -0.15) is 5.10 Å². The number of carbonyl (C=O) groups excluding carboxylic acids is 2. The molecule has 8 nitrogen and oxygen atoms in total. The largest absolute Gasteiger partial charge is 0.384 e. The highest BCUT2D eigenvalue weighted by molar-refractivity contribution is 5.92. The van der Waals surface area contributed by atoms with Gasteiger partial charge in [-0.05, 0) is 6.07 Å². The zero-order chi connectivity index (χ0) is 14.6. The number of nitrogens with zero attached hydrogens (tertiary/aromatic N) is 2. The van der Waals surface area contributed by atoms with Gasteiger partial charge in [0.2, 0.25) is 5.91 Å². The van der Waals surface area contributed by atoms with E-state index in [-0.39, 0.29) is 31.5 Å². The van der Waals surface area contributed by atoms with Gasteiger partial charge in [-0.1, -0.05) is 0 Å². The summed E-state index contributed by atoms with van der Waals surface area (Å²) in [7, 11) is 0. The van der Waals surface area contributed by atoms with E-state index in [4.69, 9.17) is 4.74 Å². The summed E-state index contributed by atoms with van der Waals surface area (Å²) < 4.78 is 5.32. The van der Waals surface area contributed by atoms with Crippen molar-refractivity contribution in [2.24, 2.45) is 0 Å². The molecule has 0 bridgehead atoms. The molecule has 0 aliphatic carbocycles. The Hall–Kier alpha value is -1.93. The van der Waals surface area contributed by atoms with Crippen molar-refractivity contribution in [3.8, 4) is 0 Å². The van der Waals surface area contributed by atoms with Gasteiger partial charge in [-0.25, -0.2) is 0 Å². The van der Waals surface area contributed by atoms with Crippen molar-refractivity contribution in [3.05, 3.63) is 18.0 Å². The number of aromatic amines is 1. The van der Waals surface area contributed by atoms with E-state index in [1.807, 2.05) is 0 Å². The number of aliphatic hydroxyl groups is 1. The quantitative estimate of drug-likeness (QED) is 0.642. The van der Waals surface area contributed by atoms with Crippen molar-refractivity contribution >= 4 is 11.8 Å². The molecule has 1 aromatic heterocycles. The second kappa shape index (κ2) is 6.02. The number of hydrogen-bond donors (Lipinski definition) is 3. The highest BCUT2D eigenvalue weighted by Gasteiger charge is 2.35. The van der Waals surface area contributed by atoms with Gasteiger partial charge in [0.15, 0.2) is 0 Å². The Morgan fingerprint density at radius 2 is 2.45 bits per heavy atom. The van der Waals surface area contributed by atoms with E-state index in [2.05, 4.69) is 15.5 Å². The number of aromatic nitrogens is 2. The lowest BCUT2D eigenvalue weighted by Gasteiger charge is -2.30. The van der Waals surface area contributed by atoms with Crippen LogP contribution < -0.4 is 5.32 Å². The van der Waals surface area contributed by atoms with Crippen LogP contribution in [0, 0.1) is 0 Å². The highest BCUT2D eigenvalue weighted by Crippen LogP contribution is 2.14. The van der Waals surface area contributed by atoms with Crippen LogP contribution in [0.1, 0.15) is 17.4 Å². The Labute approximate surface area is 116 Å². The summed E-state index contributed by atoms with van der Waals surface area (Å²) in [6.45, 7) is 2.27. The lowest BCUT2D eigenvalue weighted by Crippen LogP contribution is -2.53. The molecule has 3 N–H and O–H groups in total. The van der Waals surface area contributed by atoms with Crippen LogP contribution in [0.2, 0.25) is 0 Å². The summed E-state index contributed by atoms with van der Waals surface area (Å²) in [5.74, 6) is -0.497. The molecule has 20 heavy (non-hydrogen) atoms. The summed E-state index contributed by atoms with van der Waals surface area (Å²) in [5.41, 5.74) is -0.938. The first-order valence-corrected chi connectivity index (χ1v) is 6.33. The van der Waals surface area contributed by atoms with Crippen LogP contribution in [0.3, 0.4) is 0 Å². The van der Waals surface area contributed by atoms with Gasteiger partial charge in [-0.3, -0.25) is 14.7 Å². The fourth-order valence-corrected chi connectivity index (χ4v) is 2.03. The van der Waals surface area contributed by atoms with Gasteiger partial charge in [0.1, 0.15) is 11.3 Å². The maximum Gasteiger partial charge on any atom is 0.272 e. The molecular formula is C12H18N4O4. The van der Waals surface area contributed by atoms with E-state index in [0.29, 0.717) is 18.8 Å². The standard InChI is InChI=1S/C12H18N4O4/c1-9(17)13-6-12(19)7-16(4-5-20-8-12)11(18)10-2-3-14-15-10/h2-3,19H,4-8H2,1H3,(H,13,17)(H,14,15)/t12-/m1/s1. The Balaban J connectivity index is 2.06. The third-order valence-corrected chi connectivity index (χ3v) is 3.05. The summed E-state index contributed by atoms with van der Waals surface area (Å²) >= 11 is 0. The van der Waals surface area contributed by atoms with Crippen molar-refractivity contribution < 1.29 is 19.4 Å². The molecule has 0 spiro atoms. The fourth-order valence-electron chi connectivity index (χ4n) is 2.03. The zero-order valence-corrected chi connectivity index (χ0v) is 11.3. The van der Waals surface area contributed by atoms with E-state index in [1.165, 1.54) is 18.0 Å². The van der Waals surface area contributed by atoms with Gasteiger partial charge in [-0.15, -0.1) is 0 Å². The van der Waals surface area contributed by atoms with Gasteiger partial charge < -0.3 is 20.1 Å². The van der Waals surface area contributed by atoms with E-state index < -0.39 is 5.60 Å². The summed E-state index contributed by atoms with van der Waals surface area (Å²) in [4.78, 5) is 24.7. The monoisotopic (exact) mass is 282 g/mol. The first-order chi connectivity index (χ1) is 9.50. The Morgan fingerprint density at radius 1 is 1.65 bits per heavy atom. The molecule has 1 aliphatic heterocycles. The molecule has 8 heteroatoms. The van der Waals surface area contributed by atoms with Crippen LogP contribution in [0.4, 0.5) is 0 Å². The molecule has 1 atom stereocenters. The van der Waals surface area contributed by atoms with E-state index in [1.54, 1.807) is 6.07 Å². The average Bonchev–Trinajstić information content (AvgIpc) is 2.86. The number of H-pyrrole nitrogens is 1. The Bertz CT molecular complexity index is 476. The van der Waals surface area contributed by atoms with Crippen molar-refractivity contribution in [2.75, 3.05) is 32.8 Å². The molecule has 1 aromatic rings. The molecule has 1 saturated heterocycles. The molecule has 110 valence electrons. The van der Waals surface area contributed by atoms with Gasteiger partial charge in [0, 0.05) is 19.7 Å². The van der Waals surface area contributed by atoms with E-state index in [0.717, 1.165) is 0 Å². The van der Waals surface area contributed by atoms with Crippen LogP contribution in [-0.4, -0.2) is 70.5 Å². The van der Waals surface area contributed by atoms with E-state index in [9.17, 15) is 14.7 Å². The normalized spacial score (nSPS) is 23.2. The maximum atomic E-state index is 12.2. The van der Waals surface area contributed by atoms with Gasteiger partial charge >= 0.3 is 0 Å². The number of ether oxygens (including phenoxy) is 1. The lowest BCUT2D eigenvalue weighted by molar-refractivity contribution is -0.120. The van der Waals surface area contributed by atoms with Crippen molar-refractivity contribution in [2.45, 2.75) is 12.5 Å². The minimum absolute atomic E-state index is 0.0368. The summed E-state index contributed by atoms with van der Waals surface area (Å²) in [6.07, 6.45) is 1.49. The van der Waals surface area contributed by atoms with Crippen molar-refractivity contribution in [1.29, 1.82) is 0 Å². The van der Waals surface area contributed by atoms with Gasteiger partial charge in [0.25, 0.3) is 5.91 Å². The lowest BCUT2D eigenvalue weighted by atomic mass is 10.0. The Kier molecular flexibility index (Phi) is 4.35. The molecule has 0 radical (unpaired) electrons. The minimum Gasteiger partial charge on any atom is -0.384 e. The predicted octanol–water partition coefficient (Wildman–Crippen LogP) is -1.25. The maximum absolute atomic E-state index is 12.2. The molecule has 2 amide bonds. The second-order valence-electron chi connectivity index (χ2n) is 4.88. The van der Waals surface area contributed by atoms with Crippen molar-refractivity contribution in [1.82, 2.24) is 20.4 Å². The van der Waals surface area contributed by atoms with Crippen LogP contribution in [0.5, 0.6) is 0 Å². The molecule has 2 heterocycles. The molecule has 0 aromatic carbocycles.